The Hall–Kier alpha value is -3.44. The van der Waals surface area contributed by atoms with Gasteiger partial charge >= 0.3 is 0 Å². The average molecular weight is 559 g/mol. The molecule has 0 radical (unpaired) electrons. The highest BCUT2D eigenvalue weighted by Gasteiger charge is 2.50. The fourth-order valence-corrected chi connectivity index (χ4v) is 5.13. The molecule has 2 N–H and O–H groups in total. The number of hydrogen-bond donors (Lipinski definition) is 2. The van der Waals surface area contributed by atoms with Crippen molar-refractivity contribution < 1.29 is 22.9 Å². The van der Waals surface area contributed by atoms with Crippen LogP contribution >= 0.6 is 12.4 Å². The maximum absolute atomic E-state index is 14.2. The number of carbonyl (C=O) groups is 2. The van der Waals surface area contributed by atoms with Crippen LogP contribution in [0.1, 0.15) is 48.4 Å². The Kier molecular flexibility index (Phi) is 7.64. The van der Waals surface area contributed by atoms with E-state index in [1.807, 2.05) is 0 Å². The zero-order valence-corrected chi connectivity index (χ0v) is 21.9. The number of nitrogens with zero attached hydrogens (tertiary/aromatic N) is 4. The molecule has 0 spiro atoms. The molecule has 2 atom stereocenters. The molecule has 0 unspecified atom stereocenters. The number of benzene rings is 1. The molecule has 2 amide bonds. The largest absolute Gasteiger partial charge is 0.355 e. The van der Waals surface area contributed by atoms with Crippen LogP contribution < -0.4 is 10.6 Å². The lowest BCUT2D eigenvalue weighted by molar-refractivity contribution is -0.128. The molecule has 1 aromatic carbocycles. The van der Waals surface area contributed by atoms with Crippen LogP contribution in [0.2, 0.25) is 0 Å². The van der Waals surface area contributed by atoms with Gasteiger partial charge in [0.1, 0.15) is 11.6 Å². The highest BCUT2D eigenvalue weighted by atomic mass is 35.5. The van der Waals surface area contributed by atoms with Crippen molar-refractivity contribution in [1.29, 1.82) is 0 Å². The summed E-state index contributed by atoms with van der Waals surface area (Å²) in [5, 5.41) is 9.92. The molecular weight excluding hydrogens is 530 g/mol. The van der Waals surface area contributed by atoms with Crippen molar-refractivity contribution in [3.8, 4) is 11.3 Å². The normalized spacial score (nSPS) is 22.0. The predicted molar refractivity (Wildman–Crippen MR) is 139 cm³/mol. The number of hydrogen-bond acceptors (Lipinski definition) is 7. The van der Waals surface area contributed by atoms with E-state index in [0.717, 1.165) is 38.1 Å². The molecule has 9 nitrogen and oxygen atoms in total. The molecule has 3 heterocycles. The molecule has 2 saturated carbocycles. The van der Waals surface area contributed by atoms with Crippen LogP contribution in [0.5, 0.6) is 0 Å². The van der Waals surface area contributed by atoms with Crippen LogP contribution in [0.25, 0.3) is 11.3 Å². The summed E-state index contributed by atoms with van der Waals surface area (Å²) >= 11 is 0. The average Bonchev–Trinajstić information content (AvgIpc) is 3.84. The Morgan fingerprint density at radius 1 is 1.10 bits per heavy atom. The maximum Gasteiger partial charge on any atom is 0.273 e. The van der Waals surface area contributed by atoms with E-state index in [9.17, 15) is 18.4 Å². The zero-order chi connectivity index (χ0) is 26.3. The molecule has 3 aromatic rings. The summed E-state index contributed by atoms with van der Waals surface area (Å²) in [5.74, 6) is -1.38. The third-order valence-corrected chi connectivity index (χ3v) is 7.61. The van der Waals surface area contributed by atoms with Gasteiger partial charge in [-0.25, -0.2) is 18.7 Å². The van der Waals surface area contributed by atoms with Crippen molar-refractivity contribution >= 4 is 24.2 Å². The number of piperidine rings is 1. The van der Waals surface area contributed by atoms with Crippen LogP contribution in [-0.2, 0) is 10.3 Å². The Labute approximate surface area is 230 Å². The van der Waals surface area contributed by atoms with E-state index in [1.165, 1.54) is 25.0 Å². The molecule has 206 valence electrons. The second-order valence-electron chi connectivity index (χ2n) is 10.5. The van der Waals surface area contributed by atoms with Crippen LogP contribution in [-0.4, -0.2) is 57.5 Å². The standard InChI is InChI=1S/C27H28F2N6O3.ClH/c28-17-4-5-18(20(29)12-17)23-13-22(34-38-23)25(37)32-21-6-11-35(14-16-2-3-16)15-19(21)24(36)33-27(7-8-27)26-30-9-1-10-31-26;/h1,4-5,9-10,12-13,16,19,21H,2-3,6-8,11,14-15H2,(H,32,37)(H,33,36);1H/t19-,21-;/m0./s1. The Morgan fingerprint density at radius 3 is 2.56 bits per heavy atom. The number of aromatic nitrogens is 3. The summed E-state index contributed by atoms with van der Waals surface area (Å²) in [4.78, 5) is 37.7. The monoisotopic (exact) mass is 558 g/mol. The Bertz CT molecular complexity index is 1350. The van der Waals surface area contributed by atoms with Crippen LogP contribution in [0.15, 0.2) is 47.2 Å². The molecule has 1 saturated heterocycles. The summed E-state index contributed by atoms with van der Waals surface area (Å²) in [7, 11) is 0. The smallest absolute Gasteiger partial charge is 0.273 e. The lowest BCUT2D eigenvalue weighted by Crippen LogP contribution is -2.57. The van der Waals surface area contributed by atoms with Crippen molar-refractivity contribution in [1.82, 2.24) is 30.7 Å². The molecule has 0 bridgehead atoms. The lowest BCUT2D eigenvalue weighted by Gasteiger charge is -2.38. The van der Waals surface area contributed by atoms with Crippen LogP contribution in [0.3, 0.4) is 0 Å². The van der Waals surface area contributed by atoms with E-state index in [1.54, 1.807) is 18.5 Å². The predicted octanol–water partition coefficient (Wildman–Crippen LogP) is 3.47. The first-order chi connectivity index (χ1) is 18.4. The third-order valence-electron chi connectivity index (χ3n) is 7.61. The van der Waals surface area contributed by atoms with E-state index in [0.29, 0.717) is 24.7 Å². The lowest BCUT2D eigenvalue weighted by atomic mass is 9.90. The fraction of sp³-hybridized carbons (Fsp3) is 0.444. The quantitative estimate of drug-likeness (QED) is 0.435. The van der Waals surface area contributed by atoms with Gasteiger partial charge in [-0.3, -0.25) is 9.59 Å². The van der Waals surface area contributed by atoms with Gasteiger partial charge in [0, 0.05) is 50.2 Å². The van der Waals surface area contributed by atoms with Gasteiger partial charge in [0.2, 0.25) is 5.91 Å². The number of likely N-dealkylation sites (tertiary alicyclic amines) is 1. The number of amides is 2. The number of nitrogens with one attached hydrogen (secondary N) is 2. The Morgan fingerprint density at radius 2 is 1.87 bits per heavy atom. The van der Waals surface area contributed by atoms with Crippen molar-refractivity contribution in [2.24, 2.45) is 11.8 Å². The third kappa shape index (κ3) is 5.94. The zero-order valence-electron chi connectivity index (χ0n) is 21.1. The molecule has 1 aliphatic heterocycles. The first kappa shape index (κ1) is 27.1. The van der Waals surface area contributed by atoms with E-state index in [2.05, 4.69) is 30.7 Å². The van der Waals surface area contributed by atoms with Gasteiger partial charge in [-0.05, 0) is 56.2 Å². The van der Waals surface area contributed by atoms with Gasteiger partial charge in [-0.1, -0.05) is 5.16 Å². The number of rotatable bonds is 8. The van der Waals surface area contributed by atoms with Gasteiger partial charge in [-0.2, -0.15) is 0 Å². The fourth-order valence-electron chi connectivity index (χ4n) is 5.13. The second kappa shape index (κ2) is 11.0. The number of carbonyl (C=O) groups excluding carboxylic acids is 2. The summed E-state index contributed by atoms with van der Waals surface area (Å²) in [6.07, 6.45) is 7.89. The number of halogens is 3. The first-order valence-electron chi connectivity index (χ1n) is 12.9. The second-order valence-corrected chi connectivity index (χ2v) is 10.5. The maximum atomic E-state index is 14.2. The van der Waals surface area contributed by atoms with E-state index < -0.39 is 35.0 Å². The topological polar surface area (TPSA) is 113 Å². The van der Waals surface area contributed by atoms with Crippen molar-refractivity contribution in [3.63, 3.8) is 0 Å². The molecule has 3 aliphatic rings. The minimum absolute atomic E-state index is 0. The minimum atomic E-state index is -0.815. The van der Waals surface area contributed by atoms with E-state index in [-0.39, 0.29) is 35.3 Å². The summed E-state index contributed by atoms with van der Waals surface area (Å²) in [6, 6.07) is 5.70. The summed E-state index contributed by atoms with van der Waals surface area (Å²) in [5.41, 5.74) is -0.604. The van der Waals surface area contributed by atoms with E-state index in [4.69, 9.17) is 4.52 Å². The molecule has 12 heteroatoms. The molecule has 2 aromatic heterocycles. The van der Waals surface area contributed by atoms with Crippen molar-refractivity contribution in [3.05, 3.63) is 65.9 Å². The Balaban J connectivity index is 0.00000308. The van der Waals surface area contributed by atoms with Crippen LogP contribution in [0, 0.1) is 23.5 Å². The van der Waals surface area contributed by atoms with Gasteiger partial charge in [0.05, 0.1) is 17.0 Å². The van der Waals surface area contributed by atoms with Gasteiger partial charge in [0.15, 0.2) is 17.3 Å². The van der Waals surface area contributed by atoms with Gasteiger partial charge in [-0.15, -0.1) is 12.4 Å². The highest BCUT2D eigenvalue weighted by Crippen LogP contribution is 2.44. The van der Waals surface area contributed by atoms with Crippen molar-refractivity contribution in [2.45, 2.75) is 43.7 Å². The SMILES string of the molecule is Cl.O=C(N[C@H]1CCN(CC2CC2)C[C@@H]1C(=O)NC1(c2ncccn2)CC1)c1cc(-c2ccc(F)cc2F)on1. The molecular formula is C27H29ClF2N6O3. The van der Waals surface area contributed by atoms with E-state index >= 15 is 0 Å². The molecule has 2 aliphatic carbocycles. The molecule has 6 rings (SSSR count). The highest BCUT2D eigenvalue weighted by molar-refractivity contribution is 5.94. The molecule has 39 heavy (non-hydrogen) atoms. The van der Waals surface area contributed by atoms with Gasteiger partial charge in [0.25, 0.3) is 5.91 Å². The minimum Gasteiger partial charge on any atom is -0.355 e. The summed E-state index contributed by atoms with van der Waals surface area (Å²) < 4.78 is 32.6. The first-order valence-corrected chi connectivity index (χ1v) is 12.9. The van der Waals surface area contributed by atoms with Gasteiger partial charge < -0.3 is 20.1 Å². The van der Waals surface area contributed by atoms with Crippen LogP contribution in [0.4, 0.5) is 8.78 Å². The van der Waals surface area contributed by atoms with Crippen molar-refractivity contribution in [2.75, 3.05) is 19.6 Å². The summed E-state index contributed by atoms with van der Waals surface area (Å²) in [6.45, 7) is 2.25. The molecule has 3 fully saturated rings.